The maximum Gasteiger partial charge on any atom is 0.101 e. The average molecular weight is 306 g/mol. The van der Waals surface area contributed by atoms with Crippen LogP contribution < -0.4 is 0 Å². The smallest absolute Gasteiger partial charge is 0.101 e. The van der Waals surface area contributed by atoms with E-state index >= 15 is 0 Å². The third-order valence-corrected chi connectivity index (χ3v) is 4.91. The molecule has 0 saturated carbocycles. The maximum absolute atomic E-state index is 10.7. The molecule has 0 spiro atoms. The van der Waals surface area contributed by atoms with Gasteiger partial charge in [-0.3, -0.25) is 0 Å². The van der Waals surface area contributed by atoms with Crippen molar-refractivity contribution in [2.45, 2.75) is 78.9 Å². The molecule has 2 N–H and O–H groups in total. The summed E-state index contributed by atoms with van der Waals surface area (Å²) in [5, 5.41) is 21.1. The van der Waals surface area contributed by atoms with Gasteiger partial charge in [-0.2, -0.15) is 0 Å². The van der Waals surface area contributed by atoms with Gasteiger partial charge in [0.05, 0.1) is 6.10 Å². The summed E-state index contributed by atoms with van der Waals surface area (Å²) < 4.78 is 0. The molecule has 0 aromatic rings. The van der Waals surface area contributed by atoms with Crippen molar-refractivity contribution in [3.8, 4) is 0 Å². The zero-order valence-electron chi connectivity index (χ0n) is 15.0. The second-order valence-electron chi connectivity index (χ2n) is 7.21. The summed E-state index contributed by atoms with van der Waals surface area (Å²) in [5.74, 6) is 0.547. The van der Waals surface area contributed by atoms with E-state index in [-0.39, 0.29) is 5.92 Å². The lowest BCUT2D eigenvalue weighted by molar-refractivity contribution is -0.0187. The highest BCUT2D eigenvalue weighted by Gasteiger charge is 2.31. The Kier molecular flexibility index (Phi) is 8.13. The van der Waals surface area contributed by atoms with Gasteiger partial charge in [0.15, 0.2) is 0 Å². The molecular weight excluding hydrogens is 272 g/mol. The molecule has 0 aromatic heterocycles. The van der Waals surface area contributed by atoms with E-state index in [1.807, 2.05) is 13.0 Å². The van der Waals surface area contributed by atoms with E-state index in [4.69, 9.17) is 0 Å². The number of hydrogen-bond acceptors (Lipinski definition) is 2. The van der Waals surface area contributed by atoms with Crippen molar-refractivity contribution in [1.82, 2.24) is 0 Å². The van der Waals surface area contributed by atoms with Crippen LogP contribution in [0.5, 0.6) is 0 Å². The van der Waals surface area contributed by atoms with Crippen LogP contribution in [-0.2, 0) is 0 Å². The number of hydrogen-bond donors (Lipinski definition) is 2. The minimum Gasteiger partial charge on any atom is -0.390 e. The van der Waals surface area contributed by atoms with Gasteiger partial charge >= 0.3 is 0 Å². The number of rotatable bonds is 4. The van der Waals surface area contributed by atoms with Crippen LogP contribution in [0, 0.1) is 11.8 Å². The number of aliphatic hydroxyl groups is 2. The second-order valence-corrected chi connectivity index (χ2v) is 7.21. The molecule has 0 bridgehead atoms. The van der Waals surface area contributed by atoms with Crippen molar-refractivity contribution >= 4 is 0 Å². The Morgan fingerprint density at radius 1 is 1.27 bits per heavy atom. The van der Waals surface area contributed by atoms with Crippen LogP contribution in [-0.4, -0.2) is 22.4 Å². The summed E-state index contributed by atoms with van der Waals surface area (Å²) in [4.78, 5) is 0. The Balaban J connectivity index is 2.84. The van der Waals surface area contributed by atoms with Gasteiger partial charge in [0.2, 0.25) is 0 Å². The summed E-state index contributed by atoms with van der Waals surface area (Å²) in [6, 6.07) is 0. The van der Waals surface area contributed by atoms with Crippen molar-refractivity contribution in [2.24, 2.45) is 11.8 Å². The van der Waals surface area contributed by atoms with Crippen molar-refractivity contribution in [2.75, 3.05) is 0 Å². The van der Waals surface area contributed by atoms with Crippen LogP contribution in [0.4, 0.5) is 0 Å². The van der Waals surface area contributed by atoms with Crippen molar-refractivity contribution < 1.29 is 10.2 Å². The van der Waals surface area contributed by atoms with E-state index in [1.165, 1.54) is 11.1 Å². The Hall–Kier alpha value is -0.860. The van der Waals surface area contributed by atoms with Gasteiger partial charge in [-0.1, -0.05) is 36.3 Å². The zero-order valence-corrected chi connectivity index (χ0v) is 15.0. The lowest BCUT2D eigenvalue weighted by atomic mass is 9.78. The van der Waals surface area contributed by atoms with E-state index in [0.717, 1.165) is 37.7 Å². The van der Waals surface area contributed by atoms with Crippen LogP contribution >= 0.6 is 0 Å². The molecule has 2 heteroatoms. The van der Waals surface area contributed by atoms with Gasteiger partial charge in [-0.05, 0) is 77.2 Å². The molecule has 126 valence electrons. The fraction of sp³-hybridized carbons (Fsp3) is 0.700. The Bertz CT molecular complexity index is 427. The molecule has 0 heterocycles. The molecule has 2 nitrogen and oxygen atoms in total. The molecule has 1 rings (SSSR count). The van der Waals surface area contributed by atoms with Gasteiger partial charge in [-0.25, -0.2) is 0 Å². The first-order valence-electron chi connectivity index (χ1n) is 8.64. The molecule has 0 amide bonds. The highest BCUT2D eigenvalue weighted by molar-refractivity contribution is 5.13. The quantitative estimate of drug-likeness (QED) is 0.734. The fourth-order valence-corrected chi connectivity index (χ4v) is 3.21. The van der Waals surface area contributed by atoms with Gasteiger partial charge < -0.3 is 10.2 Å². The predicted molar refractivity (Wildman–Crippen MR) is 94.7 cm³/mol. The Morgan fingerprint density at radius 3 is 2.59 bits per heavy atom. The van der Waals surface area contributed by atoms with Crippen LogP contribution in [0.2, 0.25) is 0 Å². The Morgan fingerprint density at radius 2 is 1.95 bits per heavy atom. The average Bonchev–Trinajstić information content (AvgIpc) is 2.45. The minimum atomic E-state index is -0.734. The SMILES string of the molecule is CC(C)=CCCC(C)C1CCC(C)=CCC=C(C)C(O)C1O. The van der Waals surface area contributed by atoms with E-state index in [0.29, 0.717) is 5.92 Å². The Labute approximate surface area is 136 Å². The first-order chi connectivity index (χ1) is 10.3. The summed E-state index contributed by atoms with van der Waals surface area (Å²) in [7, 11) is 0. The van der Waals surface area contributed by atoms with E-state index in [2.05, 4.69) is 39.8 Å². The van der Waals surface area contributed by atoms with Gasteiger partial charge in [0.1, 0.15) is 6.10 Å². The molecule has 0 aliphatic heterocycles. The summed E-state index contributed by atoms with van der Waals surface area (Å²) in [6.45, 7) is 10.5. The van der Waals surface area contributed by atoms with E-state index in [1.54, 1.807) is 0 Å². The summed E-state index contributed by atoms with van der Waals surface area (Å²) in [6.07, 6.45) is 10.0. The van der Waals surface area contributed by atoms with Crippen LogP contribution in [0.1, 0.15) is 66.7 Å². The van der Waals surface area contributed by atoms with Crippen molar-refractivity contribution in [3.05, 3.63) is 34.9 Å². The molecule has 0 radical (unpaired) electrons. The molecule has 1 aliphatic carbocycles. The third-order valence-electron chi connectivity index (χ3n) is 4.91. The molecule has 4 atom stereocenters. The molecular formula is C20H34O2. The normalized spacial score (nSPS) is 28.4. The molecule has 4 unspecified atom stereocenters. The van der Waals surface area contributed by atoms with Gasteiger partial charge in [0.25, 0.3) is 0 Å². The van der Waals surface area contributed by atoms with Crippen LogP contribution in [0.3, 0.4) is 0 Å². The zero-order chi connectivity index (χ0) is 16.7. The van der Waals surface area contributed by atoms with Crippen molar-refractivity contribution in [3.63, 3.8) is 0 Å². The predicted octanol–water partition coefficient (Wildman–Crippen LogP) is 4.78. The molecule has 0 fully saturated rings. The largest absolute Gasteiger partial charge is 0.390 e. The number of allylic oxidation sites excluding steroid dienone is 5. The maximum atomic E-state index is 10.7. The van der Waals surface area contributed by atoms with Crippen molar-refractivity contribution in [1.29, 1.82) is 0 Å². The lowest BCUT2D eigenvalue weighted by Gasteiger charge is -2.32. The first kappa shape index (κ1) is 19.2. The number of aliphatic hydroxyl groups excluding tert-OH is 2. The molecule has 1 aliphatic rings. The second kappa shape index (κ2) is 9.32. The third kappa shape index (κ3) is 6.10. The van der Waals surface area contributed by atoms with E-state index < -0.39 is 12.2 Å². The highest BCUT2D eigenvalue weighted by Crippen LogP contribution is 2.31. The standard InChI is InChI=1S/C20H34O2/c1-14(2)8-6-10-16(4)18-13-12-15(3)9-7-11-17(5)19(21)20(18)22/h8-9,11,16,18-22H,6-7,10,12-13H2,1-5H3. The van der Waals surface area contributed by atoms with Crippen LogP contribution in [0.15, 0.2) is 34.9 Å². The molecule has 0 saturated heterocycles. The van der Waals surface area contributed by atoms with E-state index in [9.17, 15) is 10.2 Å². The fourth-order valence-electron chi connectivity index (χ4n) is 3.21. The highest BCUT2D eigenvalue weighted by atomic mass is 16.3. The first-order valence-corrected chi connectivity index (χ1v) is 8.64. The summed E-state index contributed by atoms with van der Waals surface area (Å²) in [5.41, 5.74) is 3.62. The van der Waals surface area contributed by atoms with Crippen LogP contribution in [0.25, 0.3) is 0 Å². The lowest BCUT2D eigenvalue weighted by Crippen LogP contribution is -2.37. The summed E-state index contributed by atoms with van der Waals surface area (Å²) >= 11 is 0. The monoisotopic (exact) mass is 306 g/mol. The molecule has 22 heavy (non-hydrogen) atoms. The van der Waals surface area contributed by atoms with Gasteiger partial charge in [0, 0.05) is 0 Å². The topological polar surface area (TPSA) is 40.5 Å². The van der Waals surface area contributed by atoms with Gasteiger partial charge in [-0.15, -0.1) is 0 Å². The minimum absolute atomic E-state index is 0.144. The molecule has 0 aromatic carbocycles.